The second-order valence-corrected chi connectivity index (χ2v) is 5.80. The first-order valence-electron chi connectivity index (χ1n) is 7.99. The van der Waals surface area contributed by atoms with Gasteiger partial charge in [0.25, 0.3) is 5.91 Å². The van der Waals surface area contributed by atoms with Crippen LogP contribution in [0.5, 0.6) is 11.5 Å². The topological polar surface area (TPSA) is 80.4 Å². The summed E-state index contributed by atoms with van der Waals surface area (Å²) in [5.74, 6) is 1.05. The lowest BCUT2D eigenvalue weighted by Gasteiger charge is -2.26. The molecule has 6 nitrogen and oxygen atoms in total. The van der Waals surface area contributed by atoms with Gasteiger partial charge in [-0.2, -0.15) is 0 Å². The molecule has 2 N–H and O–H groups in total. The van der Waals surface area contributed by atoms with Crippen LogP contribution in [0.15, 0.2) is 59.4 Å². The average Bonchev–Trinajstić information content (AvgIpc) is 2.65. The minimum absolute atomic E-state index is 0.285. The molecule has 1 aromatic heterocycles. The Labute approximate surface area is 143 Å². The number of amides is 1. The summed E-state index contributed by atoms with van der Waals surface area (Å²) in [4.78, 5) is 27.0. The van der Waals surface area contributed by atoms with Crippen molar-refractivity contribution in [1.82, 2.24) is 10.3 Å². The number of aromatic nitrogens is 1. The number of pyridine rings is 1. The third kappa shape index (κ3) is 3.06. The van der Waals surface area contributed by atoms with Crippen LogP contribution in [0.4, 0.5) is 0 Å². The molecular formula is C19H16N2O4. The van der Waals surface area contributed by atoms with Gasteiger partial charge in [-0.05, 0) is 18.2 Å². The number of ether oxygens (including phenoxy) is 2. The molecular weight excluding hydrogens is 320 g/mol. The van der Waals surface area contributed by atoms with E-state index >= 15 is 0 Å². The Morgan fingerprint density at radius 1 is 1.12 bits per heavy atom. The summed E-state index contributed by atoms with van der Waals surface area (Å²) in [7, 11) is 0. The fourth-order valence-electron chi connectivity index (χ4n) is 2.86. The van der Waals surface area contributed by atoms with Gasteiger partial charge in [-0.3, -0.25) is 9.59 Å². The van der Waals surface area contributed by atoms with E-state index in [1.807, 2.05) is 36.4 Å². The number of rotatable bonds is 3. The first-order chi connectivity index (χ1) is 12.2. The third-order valence-electron chi connectivity index (χ3n) is 4.05. The van der Waals surface area contributed by atoms with Crippen molar-refractivity contribution < 1.29 is 14.3 Å². The van der Waals surface area contributed by atoms with Crippen molar-refractivity contribution in [3.63, 3.8) is 0 Å². The lowest BCUT2D eigenvalue weighted by Crippen LogP contribution is -2.41. The molecule has 0 radical (unpaired) electrons. The summed E-state index contributed by atoms with van der Waals surface area (Å²) in [6, 6.07) is 15.9. The molecule has 0 bridgehead atoms. The molecule has 0 spiro atoms. The monoisotopic (exact) mass is 336 g/mol. The molecule has 2 heterocycles. The van der Waals surface area contributed by atoms with Crippen LogP contribution in [-0.2, 0) is 0 Å². The van der Waals surface area contributed by atoms with E-state index in [0.717, 1.165) is 0 Å². The standard InChI is InChI=1S/C19H16N2O4/c22-18-9-14(13-5-1-2-6-15(13)21-18)19(23)20-10-12-11-24-16-7-3-4-8-17(16)25-12/h1-9,12H,10-11H2,(H,20,23)(H,21,22)/t12-/m0/s1. The minimum Gasteiger partial charge on any atom is -0.486 e. The van der Waals surface area contributed by atoms with Crippen molar-refractivity contribution in [1.29, 1.82) is 0 Å². The molecule has 0 aliphatic carbocycles. The third-order valence-corrected chi connectivity index (χ3v) is 4.05. The Morgan fingerprint density at radius 3 is 2.76 bits per heavy atom. The van der Waals surface area contributed by atoms with E-state index < -0.39 is 0 Å². The zero-order valence-electron chi connectivity index (χ0n) is 13.3. The number of aromatic amines is 1. The molecule has 4 rings (SSSR count). The molecule has 25 heavy (non-hydrogen) atoms. The predicted molar refractivity (Wildman–Crippen MR) is 93.3 cm³/mol. The Bertz CT molecular complexity index is 996. The summed E-state index contributed by atoms with van der Waals surface area (Å²) in [5.41, 5.74) is 0.665. The van der Waals surface area contributed by atoms with E-state index in [1.54, 1.807) is 12.1 Å². The van der Waals surface area contributed by atoms with Crippen molar-refractivity contribution in [2.45, 2.75) is 6.10 Å². The van der Waals surface area contributed by atoms with E-state index in [9.17, 15) is 9.59 Å². The van der Waals surface area contributed by atoms with Crippen molar-refractivity contribution in [2.75, 3.05) is 13.2 Å². The normalized spacial score (nSPS) is 15.8. The Morgan fingerprint density at radius 2 is 1.88 bits per heavy atom. The van der Waals surface area contributed by atoms with Crippen molar-refractivity contribution in [3.8, 4) is 11.5 Å². The molecule has 126 valence electrons. The van der Waals surface area contributed by atoms with Crippen LogP contribution in [0.1, 0.15) is 10.4 Å². The number of hydrogen-bond acceptors (Lipinski definition) is 4. The van der Waals surface area contributed by atoms with Gasteiger partial charge in [0, 0.05) is 17.0 Å². The maximum atomic E-state index is 12.5. The fourth-order valence-corrected chi connectivity index (χ4v) is 2.86. The van der Waals surface area contributed by atoms with Crippen LogP contribution in [0.3, 0.4) is 0 Å². The zero-order valence-corrected chi connectivity index (χ0v) is 13.3. The first kappa shape index (κ1) is 15.3. The van der Waals surface area contributed by atoms with Gasteiger partial charge in [0.15, 0.2) is 11.5 Å². The highest BCUT2D eigenvalue weighted by Crippen LogP contribution is 2.30. The highest BCUT2D eigenvalue weighted by molar-refractivity contribution is 6.05. The first-order valence-corrected chi connectivity index (χ1v) is 7.99. The maximum absolute atomic E-state index is 12.5. The molecule has 1 aliphatic rings. The minimum atomic E-state index is -0.315. The molecule has 0 fully saturated rings. The second-order valence-electron chi connectivity index (χ2n) is 5.80. The summed E-state index contributed by atoms with van der Waals surface area (Å²) in [6.45, 7) is 0.641. The van der Waals surface area contributed by atoms with Gasteiger partial charge in [0.05, 0.1) is 12.1 Å². The Kier molecular flexibility index (Phi) is 3.85. The summed E-state index contributed by atoms with van der Waals surface area (Å²) >= 11 is 0. The number of carbonyl (C=O) groups excluding carboxylic acids is 1. The maximum Gasteiger partial charge on any atom is 0.252 e. The molecule has 2 aromatic carbocycles. The quantitative estimate of drug-likeness (QED) is 0.767. The van der Waals surface area contributed by atoms with Gasteiger partial charge in [-0.15, -0.1) is 0 Å². The fraction of sp³-hybridized carbons (Fsp3) is 0.158. The Balaban J connectivity index is 1.49. The van der Waals surface area contributed by atoms with Crippen LogP contribution in [-0.4, -0.2) is 30.1 Å². The molecule has 3 aromatic rings. The van der Waals surface area contributed by atoms with Crippen molar-refractivity contribution >= 4 is 16.8 Å². The van der Waals surface area contributed by atoms with Gasteiger partial charge in [0.1, 0.15) is 12.7 Å². The highest BCUT2D eigenvalue weighted by atomic mass is 16.6. The lowest BCUT2D eigenvalue weighted by atomic mass is 10.1. The largest absolute Gasteiger partial charge is 0.486 e. The molecule has 0 saturated heterocycles. The Hall–Kier alpha value is -3.28. The van der Waals surface area contributed by atoms with Crippen LogP contribution >= 0.6 is 0 Å². The van der Waals surface area contributed by atoms with Crippen LogP contribution in [0.25, 0.3) is 10.9 Å². The number of fused-ring (bicyclic) bond motifs is 2. The van der Waals surface area contributed by atoms with Gasteiger partial charge < -0.3 is 19.8 Å². The molecule has 1 atom stereocenters. The van der Waals surface area contributed by atoms with Gasteiger partial charge >= 0.3 is 0 Å². The molecule has 0 saturated carbocycles. The lowest BCUT2D eigenvalue weighted by molar-refractivity contribution is 0.0790. The van der Waals surface area contributed by atoms with Crippen LogP contribution in [0, 0.1) is 0 Å². The number of benzene rings is 2. The number of nitrogens with one attached hydrogen (secondary N) is 2. The molecule has 6 heteroatoms. The van der Waals surface area contributed by atoms with E-state index in [0.29, 0.717) is 34.6 Å². The van der Waals surface area contributed by atoms with Crippen molar-refractivity contribution in [2.24, 2.45) is 0 Å². The molecule has 0 unspecified atom stereocenters. The SMILES string of the molecule is O=C(NC[C@H]1COc2ccccc2O1)c1cc(=O)[nH]c2ccccc12. The van der Waals surface area contributed by atoms with E-state index in [4.69, 9.17) is 9.47 Å². The summed E-state index contributed by atoms with van der Waals surface area (Å²) in [5, 5.41) is 3.52. The smallest absolute Gasteiger partial charge is 0.252 e. The number of para-hydroxylation sites is 3. The van der Waals surface area contributed by atoms with E-state index in [2.05, 4.69) is 10.3 Å². The average molecular weight is 336 g/mol. The van der Waals surface area contributed by atoms with Gasteiger partial charge in [0.2, 0.25) is 5.56 Å². The summed E-state index contributed by atoms with van der Waals surface area (Å²) < 4.78 is 11.5. The molecule has 1 aliphatic heterocycles. The number of H-pyrrole nitrogens is 1. The second kappa shape index (κ2) is 6.32. The van der Waals surface area contributed by atoms with E-state index in [-0.39, 0.29) is 24.1 Å². The highest BCUT2D eigenvalue weighted by Gasteiger charge is 2.21. The number of hydrogen-bond donors (Lipinski definition) is 2. The van der Waals surface area contributed by atoms with E-state index in [1.165, 1.54) is 6.07 Å². The predicted octanol–water partition coefficient (Wildman–Crippen LogP) is 2.10. The molecule has 1 amide bonds. The zero-order chi connectivity index (χ0) is 17.2. The number of carbonyl (C=O) groups is 1. The van der Waals surface area contributed by atoms with Gasteiger partial charge in [-0.25, -0.2) is 0 Å². The van der Waals surface area contributed by atoms with Crippen LogP contribution in [0.2, 0.25) is 0 Å². The van der Waals surface area contributed by atoms with Crippen LogP contribution < -0.4 is 20.3 Å². The van der Waals surface area contributed by atoms with Crippen molar-refractivity contribution in [3.05, 3.63) is 70.5 Å². The summed E-state index contributed by atoms with van der Waals surface area (Å²) in [6.07, 6.45) is -0.285. The van der Waals surface area contributed by atoms with Gasteiger partial charge in [-0.1, -0.05) is 30.3 Å².